The van der Waals surface area contributed by atoms with Crippen molar-refractivity contribution in [1.82, 2.24) is 4.90 Å². The standard InChI is InChI=1S/C18H37NO/c1-4-16(5-2)19(3)17-14-12-10-8-6-7-9-11-13-15-18(17)20/h16-18,20H,4-15H2,1-3H3. The smallest absolute Gasteiger partial charge is 0.0695 e. The summed E-state index contributed by atoms with van der Waals surface area (Å²) < 4.78 is 0. The number of rotatable bonds is 4. The van der Waals surface area contributed by atoms with Crippen molar-refractivity contribution in [3.63, 3.8) is 0 Å². The fraction of sp³-hybridized carbons (Fsp3) is 1.00. The van der Waals surface area contributed by atoms with Crippen LogP contribution in [0, 0.1) is 0 Å². The van der Waals surface area contributed by atoms with Crippen molar-refractivity contribution in [1.29, 1.82) is 0 Å². The maximum absolute atomic E-state index is 10.6. The second-order valence-electron chi connectivity index (χ2n) is 6.68. The van der Waals surface area contributed by atoms with Crippen LogP contribution in [0.25, 0.3) is 0 Å². The molecule has 0 aromatic rings. The summed E-state index contributed by atoms with van der Waals surface area (Å²) in [7, 11) is 2.23. The highest BCUT2D eigenvalue weighted by molar-refractivity contribution is 4.81. The molecule has 0 aliphatic heterocycles. The van der Waals surface area contributed by atoms with Crippen LogP contribution in [0.5, 0.6) is 0 Å². The minimum atomic E-state index is -0.125. The van der Waals surface area contributed by atoms with E-state index in [0.717, 1.165) is 6.42 Å². The molecule has 0 saturated heterocycles. The van der Waals surface area contributed by atoms with Gasteiger partial charge in [-0.2, -0.15) is 0 Å². The maximum Gasteiger partial charge on any atom is 0.0695 e. The van der Waals surface area contributed by atoms with E-state index in [1.54, 1.807) is 0 Å². The first-order valence-electron chi connectivity index (χ1n) is 9.10. The molecule has 1 fully saturated rings. The van der Waals surface area contributed by atoms with Gasteiger partial charge in [0.25, 0.3) is 0 Å². The van der Waals surface area contributed by atoms with E-state index in [1.165, 1.54) is 70.6 Å². The quantitative estimate of drug-likeness (QED) is 0.804. The zero-order valence-corrected chi connectivity index (χ0v) is 14.1. The predicted molar refractivity (Wildman–Crippen MR) is 88.1 cm³/mol. The van der Waals surface area contributed by atoms with Crippen LogP contribution in [0.1, 0.15) is 90.9 Å². The number of hydrogen-bond donors (Lipinski definition) is 1. The molecule has 1 rings (SSSR count). The summed E-state index contributed by atoms with van der Waals surface area (Å²) in [6.45, 7) is 4.54. The average molecular weight is 283 g/mol. The third kappa shape index (κ3) is 6.13. The Morgan fingerprint density at radius 2 is 1.30 bits per heavy atom. The molecule has 2 nitrogen and oxygen atoms in total. The second kappa shape index (κ2) is 10.6. The number of aliphatic hydroxyl groups excluding tert-OH is 1. The van der Waals surface area contributed by atoms with E-state index in [4.69, 9.17) is 0 Å². The summed E-state index contributed by atoms with van der Waals surface area (Å²) in [6, 6.07) is 1.00. The first-order valence-corrected chi connectivity index (χ1v) is 9.10. The molecule has 0 spiro atoms. The molecule has 0 aromatic heterocycles. The fourth-order valence-electron chi connectivity index (χ4n) is 3.76. The number of aliphatic hydroxyl groups is 1. The Labute approximate surface area is 126 Å². The molecule has 0 aromatic carbocycles. The Hall–Kier alpha value is -0.0800. The SMILES string of the molecule is CCC(CC)N(C)C1CCCCCCCCCCC1O. The van der Waals surface area contributed by atoms with Crippen LogP contribution in [0.4, 0.5) is 0 Å². The van der Waals surface area contributed by atoms with Crippen molar-refractivity contribution < 1.29 is 5.11 Å². The van der Waals surface area contributed by atoms with Crippen molar-refractivity contribution in [3.05, 3.63) is 0 Å². The molecule has 0 heterocycles. The van der Waals surface area contributed by atoms with Gasteiger partial charge in [0.15, 0.2) is 0 Å². The van der Waals surface area contributed by atoms with Gasteiger partial charge in [0.1, 0.15) is 0 Å². The number of hydrogen-bond acceptors (Lipinski definition) is 2. The summed E-state index contributed by atoms with van der Waals surface area (Å²) >= 11 is 0. The summed E-state index contributed by atoms with van der Waals surface area (Å²) in [5.41, 5.74) is 0. The number of nitrogens with zero attached hydrogens (tertiary/aromatic N) is 1. The van der Waals surface area contributed by atoms with E-state index in [1.807, 2.05) is 0 Å². The largest absolute Gasteiger partial charge is 0.391 e. The average Bonchev–Trinajstić information content (AvgIpc) is 2.44. The highest BCUT2D eigenvalue weighted by Crippen LogP contribution is 2.23. The van der Waals surface area contributed by atoms with Crippen LogP contribution < -0.4 is 0 Å². The van der Waals surface area contributed by atoms with Gasteiger partial charge in [-0.05, 0) is 32.7 Å². The molecule has 2 atom stereocenters. The first kappa shape index (κ1) is 18.0. The zero-order valence-electron chi connectivity index (χ0n) is 14.1. The fourth-order valence-corrected chi connectivity index (χ4v) is 3.76. The zero-order chi connectivity index (χ0) is 14.8. The predicted octanol–water partition coefficient (Wildman–Crippen LogP) is 4.75. The van der Waals surface area contributed by atoms with Crippen molar-refractivity contribution in [3.8, 4) is 0 Å². The van der Waals surface area contributed by atoms with E-state index >= 15 is 0 Å². The first-order chi connectivity index (χ1) is 9.70. The van der Waals surface area contributed by atoms with Crippen molar-refractivity contribution in [2.45, 2.75) is 109 Å². The van der Waals surface area contributed by atoms with E-state index < -0.39 is 0 Å². The lowest BCUT2D eigenvalue weighted by Gasteiger charge is -2.37. The van der Waals surface area contributed by atoms with Gasteiger partial charge in [-0.15, -0.1) is 0 Å². The Morgan fingerprint density at radius 1 is 0.850 bits per heavy atom. The van der Waals surface area contributed by atoms with Crippen molar-refractivity contribution >= 4 is 0 Å². The number of likely N-dealkylation sites (N-methyl/N-ethyl adjacent to an activating group) is 1. The van der Waals surface area contributed by atoms with Gasteiger partial charge in [0.05, 0.1) is 6.10 Å². The van der Waals surface area contributed by atoms with Crippen LogP contribution in [0.3, 0.4) is 0 Å². The topological polar surface area (TPSA) is 23.5 Å². The summed E-state index contributed by atoms with van der Waals surface area (Å²) in [5, 5.41) is 10.6. The third-order valence-corrected chi connectivity index (χ3v) is 5.24. The van der Waals surface area contributed by atoms with E-state index in [2.05, 4.69) is 25.8 Å². The lowest BCUT2D eigenvalue weighted by Crippen LogP contribution is -2.46. The van der Waals surface area contributed by atoms with E-state index in [0.29, 0.717) is 12.1 Å². The molecule has 0 radical (unpaired) electrons. The molecule has 1 N–H and O–H groups in total. The Kier molecular flexibility index (Phi) is 9.54. The molecule has 2 unspecified atom stereocenters. The molecule has 20 heavy (non-hydrogen) atoms. The Morgan fingerprint density at radius 3 is 1.80 bits per heavy atom. The normalized spacial score (nSPS) is 27.3. The van der Waals surface area contributed by atoms with Crippen LogP contribution in [-0.4, -0.2) is 35.2 Å². The summed E-state index contributed by atoms with van der Waals surface area (Å²) in [4.78, 5) is 2.48. The minimum absolute atomic E-state index is 0.125. The molecular weight excluding hydrogens is 246 g/mol. The van der Waals surface area contributed by atoms with Gasteiger partial charge in [0.2, 0.25) is 0 Å². The molecule has 120 valence electrons. The summed E-state index contributed by atoms with van der Waals surface area (Å²) in [6.07, 6.45) is 15.1. The van der Waals surface area contributed by atoms with Gasteiger partial charge in [-0.3, -0.25) is 4.90 Å². The lowest BCUT2D eigenvalue weighted by molar-refractivity contribution is 0.0254. The second-order valence-corrected chi connectivity index (χ2v) is 6.68. The van der Waals surface area contributed by atoms with Gasteiger partial charge in [0, 0.05) is 12.1 Å². The minimum Gasteiger partial charge on any atom is -0.391 e. The van der Waals surface area contributed by atoms with Crippen LogP contribution in [0.15, 0.2) is 0 Å². The van der Waals surface area contributed by atoms with Crippen LogP contribution >= 0.6 is 0 Å². The van der Waals surface area contributed by atoms with Gasteiger partial charge >= 0.3 is 0 Å². The van der Waals surface area contributed by atoms with Gasteiger partial charge < -0.3 is 5.11 Å². The molecule has 0 amide bonds. The highest BCUT2D eigenvalue weighted by atomic mass is 16.3. The third-order valence-electron chi connectivity index (χ3n) is 5.24. The van der Waals surface area contributed by atoms with Crippen molar-refractivity contribution in [2.24, 2.45) is 0 Å². The lowest BCUT2D eigenvalue weighted by atomic mass is 9.93. The molecule has 1 saturated carbocycles. The molecule has 1 aliphatic carbocycles. The monoisotopic (exact) mass is 283 g/mol. The molecule has 0 bridgehead atoms. The van der Waals surface area contributed by atoms with Gasteiger partial charge in [-0.25, -0.2) is 0 Å². The molecule has 1 aliphatic rings. The summed E-state index contributed by atoms with van der Waals surface area (Å²) in [5.74, 6) is 0. The molecule has 2 heteroatoms. The highest BCUT2D eigenvalue weighted by Gasteiger charge is 2.26. The van der Waals surface area contributed by atoms with Gasteiger partial charge in [-0.1, -0.05) is 65.2 Å². The Bertz CT molecular complexity index is 227. The van der Waals surface area contributed by atoms with E-state index in [9.17, 15) is 5.11 Å². The van der Waals surface area contributed by atoms with E-state index in [-0.39, 0.29) is 6.10 Å². The van der Waals surface area contributed by atoms with Crippen molar-refractivity contribution in [2.75, 3.05) is 7.05 Å². The Balaban J connectivity index is 2.59. The van der Waals surface area contributed by atoms with Crippen LogP contribution in [-0.2, 0) is 0 Å². The van der Waals surface area contributed by atoms with Crippen LogP contribution in [0.2, 0.25) is 0 Å². The maximum atomic E-state index is 10.6. The molecular formula is C18H37NO.